The van der Waals surface area contributed by atoms with Gasteiger partial charge in [-0.1, -0.05) is 23.7 Å². The minimum absolute atomic E-state index is 0.165. The van der Waals surface area contributed by atoms with Crippen LogP contribution in [0.1, 0.15) is 21.6 Å². The number of thioether (sulfide) groups is 1. The first-order valence-electron chi connectivity index (χ1n) is 9.60. The molecule has 3 heterocycles. The average molecular weight is 427 g/mol. The van der Waals surface area contributed by atoms with Crippen molar-refractivity contribution < 1.29 is 4.79 Å². The lowest BCUT2D eigenvalue weighted by atomic mass is 10.1. The maximum atomic E-state index is 12.8. The zero-order valence-electron chi connectivity index (χ0n) is 16.3. The van der Waals surface area contributed by atoms with Crippen LogP contribution in [0.5, 0.6) is 0 Å². The van der Waals surface area contributed by atoms with Gasteiger partial charge in [0.15, 0.2) is 0 Å². The number of carbonyl (C=O) groups is 1. The van der Waals surface area contributed by atoms with E-state index in [4.69, 9.17) is 11.6 Å². The van der Waals surface area contributed by atoms with Crippen molar-refractivity contribution in [2.24, 2.45) is 0 Å². The second kappa shape index (κ2) is 9.03. The Morgan fingerprint density at radius 2 is 1.83 bits per heavy atom. The number of hydrogen-bond acceptors (Lipinski definition) is 4. The summed E-state index contributed by atoms with van der Waals surface area (Å²) in [5, 5.41) is 0.690. The summed E-state index contributed by atoms with van der Waals surface area (Å²) in [7, 11) is 0. The molecular weight excluding hydrogens is 404 g/mol. The van der Waals surface area contributed by atoms with Gasteiger partial charge in [0.1, 0.15) is 0 Å². The van der Waals surface area contributed by atoms with Crippen LogP contribution in [0.25, 0.3) is 11.3 Å². The molecule has 0 radical (unpaired) electrons. The van der Waals surface area contributed by atoms with Crippen molar-refractivity contribution in [3.8, 4) is 11.3 Å². The number of halogens is 1. The highest BCUT2D eigenvalue weighted by atomic mass is 35.5. The van der Waals surface area contributed by atoms with Crippen LogP contribution in [0.2, 0.25) is 5.02 Å². The first-order valence-corrected chi connectivity index (χ1v) is 11.1. The first-order chi connectivity index (χ1) is 14.1. The number of nitrogens with one attached hydrogen (secondary N) is 1. The van der Waals surface area contributed by atoms with Crippen LogP contribution >= 0.6 is 23.4 Å². The highest BCUT2D eigenvalue weighted by Gasteiger charge is 2.19. The van der Waals surface area contributed by atoms with Crippen LogP contribution < -0.4 is 5.43 Å². The minimum atomic E-state index is -0.165. The van der Waals surface area contributed by atoms with E-state index >= 15 is 0 Å². The molecule has 0 aliphatic carbocycles. The predicted octanol–water partition coefficient (Wildman–Crippen LogP) is 4.44. The Bertz CT molecular complexity index is 982. The third-order valence-corrected chi connectivity index (χ3v) is 6.34. The quantitative estimate of drug-likeness (QED) is 0.655. The second-order valence-electron chi connectivity index (χ2n) is 7.05. The van der Waals surface area contributed by atoms with Crippen LogP contribution in [0.4, 0.5) is 0 Å². The smallest absolute Gasteiger partial charge is 0.270 e. The monoisotopic (exact) mass is 426 g/mol. The molecule has 4 rings (SSSR count). The van der Waals surface area contributed by atoms with Gasteiger partial charge < -0.3 is 0 Å². The Kier molecular flexibility index (Phi) is 6.23. The van der Waals surface area contributed by atoms with Crippen molar-refractivity contribution >= 4 is 29.3 Å². The molecule has 7 heteroatoms. The van der Waals surface area contributed by atoms with E-state index in [1.54, 1.807) is 24.5 Å². The summed E-state index contributed by atoms with van der Waals surface area (Å²) in [5.74, 6) is 2.17. The second-order valence-corrected chi connectivity index (χ2v) is 8.71. The van der Waals surface area contributed by atoms with Crippen LogP contribution in [-0.2, 0) is 6.54 Å². The molecule has 1 aromatic carbocycles. The molecule has 0 bridgehead atoms. The molecule has 0 unspecified atom stereocenters. The van der Waals surface area contributed by atoms with Gasteiger partial charge in [-0.05, 0) is 42.8 Å². The molecule has 1 aliphatic rings. The van der Waals surface area contributed by atoms with Crippen molar-refractivity contribution in [3.63, 3.8) is 0 Å². The van der Waals surface area contributed by atoms with Gasteiger partial charge >= 0.3 is 0 Å². The lowest BCUT2D eigenvalue weighted by Crippen LogP contribution is -2.32. The zero-order valence-corrected chi connectivity index (χ0v) is 17.8. The lowest BCUT2D eigenvalue weighted by Gasteiger charge is -2.26. The number of benzene rings is 1. The number of carbonyl (C=O) groups excluding carboxylic acids is 1. The van der Waals surface area contributed by atoms with Gasteiger partial charge in [-0.3, -0.25) is 24.8 Å². The van der Waals surface area contributed by atoms with Crippen LogP contribution in [-0.4, -0.2) is 45.1 Å². The van der Waals surface area contributed by atoms with E-state index in [-0.39, 0.29) is 5.91 Å². The molecule has 3 aromatic rings. The van der Waals surface area contributed by atoms with Gasteiger partial charge in [-0.2, -0.15) is 11.8 Å². The molecule has 5 nitrogen and oxygen atoms in total. The van der Waals surface area contributed by atoms with Crippen LogP contribution in [0.15, 0.2) is 54.9 Å². The third kappa shape index (κ3) is 4.66. The molecule has 0 spiro atoms. The molecular formula is C22H23ClN4OS. The molecule has 0 atom stereocenters. The number of rotatable bonds is 5. The summed E-state index contributed by atoms with van der Waals surface area (Å²) in [4.78, 5) is 19.3. The van der Waals surface area contributed by atoms with E-state index in [1.807, 2.05) is 40.7 Å². The van der Waals surface area contributed by atoms with Crippen molar-refractivity contribution in [1.82, 2.24) is 14.6 Å². The molecule has 1 saturated heterocycles. The van der Waals surface area contributed by atoms with Crippen molar-refractivity contribution in [1.29, 1.82) is 0 Å². The highest BCUT2D eigenvalue weighted by molar-refractivity contribution is 7.99. The molecule has 150 valence electrons. The summed E-state index contributed by atoms with van der Waals surface area (Å²) < 4.78 is 1.89. The number of amides is 1. The number of pyridine rings is 1. The maximum Gasteiger partial charge on any atom is 0.270 e. The van der Waals surface area contributed by atoms with Gasteiger partial charge in [0, 0.05) is 65.4 Å². The zero-order chi connectivity index (χ0) is 20.2. The average Bonchev–Trinajstić information content (AvgIpc) is 3.05. The van der Waals surface area contributed by atoms with E-state index in [0.717, 1.165) is 36.6 Å². The Morgan fingerprint density at radius 3 is 2.52 bits per heavy atom. The van der Waals surface area contributed by atoms with E-state index in [2.05, 4.69) is 28.3 Å². The fourth-order valence-electron chi connectivity index (χ4n) is 3.47. The van der Waals surface area contributed by atoms with E-state index < -0.39 is 0 Å². The molecule has 1 amide bonds. The first kappa shape index (κ1) is 20.0. The standard InChI is InChI=1S/C22H23ClN4OS/c1-16-19(15-26-10-12-29-13-11-26)14-21(17-2-4-20(23)5-3-17)27(16)25-22(28)18-6-8-24-9-7-18/h2-9,14H,10-13,15H2,1H3,(H,25,28). The van der Waals surface area contributed by atoms with Crippen LogP contribution in [0.3, 0.4) is 0 Å². The van der Waals surface area contributed by atoms with Crippen molar-refractivity contribution in [2.45, 2.75) is 13.5 Å². The topological polar surface area (TPSA) is 50.2 Å². The lowest BCUT2D eigenvalue weighted by molar-refractivity contribution is 0.101. The Hall–Kier alpha value is -2.28. The summed E-state index contributed by atoms with van der Waals surface area (Å²) in [6.07, 6.45) is 3.24. The molecule has 1 aliphatic heterocycles. The van der Waals surface area contributed by atoms with E-state index in [9.17, 15) is 4.79 Å². The number of aromatic nitrogens is 2. The normalized spacial score (nSPS) is 14.7. The highest BCUT2D eigenvalue weighted by Crippen LogP contribution is 2.28. The molecule has 1 N–H and O–H groups in total. The number of hydrogen-bond donors (Lipinski definition) is 1. The van der Waals surface area contributed by atoms with E-state index in [0.29, 0.717) is 10.6 Å². The Morgan fingerprint density at radius 1 is 1.14 bits per heavy atom. The summed E-state index contributed by atoms with van der Waals surface area (Å²) in [6.45, 7) is 5.12. The van der Waals surface area contributed by atoms with Crippen molar-refractivity contribution in [3.05, 3.63) is 76.7 Å². The van der Waals surface area contributed by atoms with Gasteiger partial charge in [0.05, 0.1) is 5.69 Å². The summed E-state index contributed by atoms with van der Waals surface area (Å²) in [5.41, 5.74) is 7.85. The molecule has 1 fully saturated rings. The molecule has 0 saturated carbocycles. The maximum absolute atomic E-state index is 12.8. The van der Waals surface area contributed by atoms with Gasteiger partial charge in [-0.15, -0.1) is 0 Å². The van der Waals surface area contributed by atoms with Gasteiger partial charge in [-0.25, -0.2) is 0 Å². The van der Waals surface area contributed by atoms with Gasteiger partial charge in [0.2, 0.25) is 0 Å². The Balaban J connectivity index is 1.68. The number of nitrogens with zero attached hydrogens (tertiary/aromatic N) is 3. The fourth-order valence-corrected chi connectivity index (χ4v) is 4.57. The fraction of sp³-hybridized carbons (Fsp3) is 0.273. The van der Waals surface area contributed by atoms with Crippen molar-refractivity contribution in [2.75, 3.05) is 30.0 Å². The minimum Gasteiger partial charge on any atom is -0.297 e. The summed E-state index contributed by atoms with van der Waals surface area (Å²) >= 11 is 8.08. The van der Waals surface area contributed by atoms with Gasteiger partial charge in [0.25, 0.3) is 5.91 Å². The molecule has 2 aromatic heterocycles. The largest absolute Gasteiger partial charge is 0.297 e. The Labute approximate surface area is 180 Å². The van der Waals surface area contributed by atoms with E-state index in [1.165, 1.54) is 17.1 Å². The SMILES string of the molecule is Cc1c(CN2CCSCC2)cc(-c2ccc(Cl)cc2)n1NC(=O)c1ccncc1. The third-order valence-electron chi connectivity index (χ3n) is 5.15. The summed E-state index contributed by atoms with van der Waals surface area (Å²) in [6, 6.07) is 13.3. The molecule has 29 heavy (non-hydrogen) atoms. The predicted molar refractivity (Wildman–Crippen MR) is 120 cm³/mol. The van der Waals surface area contributed by atoms with Crippen LogP contribution in [0, 0.1) is 6.92 Å².